The minimum absolute atomic E-state index is 0.0955. The van der Waals surface area contributed by atoms with E-state index in [0.717, 1.165) is 23.3 Å². The van der Waals surface area contributed by atoms with Gasteiger partial charge in [-0.2, -0.15) is 0 Å². The summed E-state index contributed by atoms with van der Waals surface area (Å²) in [5, 5.41) is 3.42. The van der Waals surface area contributed by atoms with E-state index in [4.69, 9.17) is 4.74 Å². The molecule has 0 heterocycles. The number of halogens is 2. The van der Waals surface area contributed by atoms with Gasteiger partial charge >= 0.3 is 0 Å². The van der Waals surface area contributed by atoms with Gasteiger partial charge in [-0.15, -0.1) is 0 Å². The molecular weight excluding hydrogens is 380 g/mol. The van der Waals surface area contributed by atoms with Gasteiger partial charge in [0.15, 0.2) is 0 Å². The van der Waals surface area contributed by atoms with Gasteiger partial charge in [-0.25, -0.2) is 8.78 Å². The number of benzene rings is 3. The Morgan fingerprint density at radius 2 is 1.40 bits per heavy atom. The smallest absolute Gasteiger partial charge is 0.127 e. The Hall–Kier alpha value is -2.72. The average molecular weight is 410 g/mol. The SMILES string of the molecule is CC(C)Oc1ccc([C@H](CCN[C@@H](C)c2ccccc2F)c2ccc(F)cc2)cc1. The van der Waals surface area contributed by atoms with Crippen molar-refractivity contribution < 1.29 is 13.5 Å². The first kappa shape index (κ1) is 22.0. The number of ether oxygens (including phenoxy) is 1. The van der Waals surface area contributed by atoms with Crippen molar-refractivity contribution in [3.63, 3.8) is 0 Å². The van der Waals surface area contributed by atoms with Gasteiger partial charge in [-0.1, -0.05) is 42.5 Å². The molecule has 30 heavy (non-hydrogen) atoms. The highest BCUT2D eigenvalue weighted by Crippen LogP contribution is 2.30. The number of nitrogens with one attached hydrogen (secondary N) is 1. The van der Waals surface area contributed by atoms with Crippen LogP contribution in [0.5, 0.6) is 5.75 Å². The van der Waals surface area contributed by atoms with E-state index in [1.807, 2.05) is 51.1 Å². The van der Waals surface area contributed by atoms with E-state index in [1.54, 1.807) is 12.1 Å². The van der Waals surface area contributed by atoms with Crippen molar-refractivity contribution in [2.45, 2.75) is 45.3 Å². The highest BCUT2D eigenvalue weighted by atomic mass is 19.1. The molecule has 0 amide bonds. The number of hydrogen-bond acceptors (Lipinski definition) is 2. The van der Waals surface area contributed by atoms with Gasteiger partial charge in [-0.05, 0) is 75.2 Å². The molecule has 0 spiro atoms. The zero-order valence-corrected chi connectivity index (χ0v) is 17.7. The molecule has 0 aliphatic carbocycles. The van der Waals surface area contributed by atoms with Crippen LogP contribution in [0.4, 0.5) is 8.78 Å². The van der Waals surface area contributed by atoms with Crippen molar-refractivity contribution in [3.8, 4) is 5.75 Å². The molecule has 0 saturated carbocycles. The molecule has 158 valence electrons. The van der Waals surface area contributed by atoms with Crippen LogP contribution in [0.15, 0.2) is 72.8 Å². The fourth-order valence-electron chi connectivity index (χ4n) is 3.65. The Bertz CT molecular complexity index is 923. The third-order valence-electron chi connectivity index (χ3n) is 5.18. The van der Waals surface area contributed by atoms with Crippen LogP contribution >= 0.6 is 0 Å². The van der Waals surface area contributed by atoms with Crippen molar-refractivity contribution >= 4 is 0 Å². The van der Waals surface area contributed by atoms with Crippen molar-refractivity contribution in [2.24, 2.45) is 0 Å². The van der Waals surface area contributed by atoms with Crippen molar-refractivity contribution in [2.75, 3.05) is 6.54 Å². The topological polar surface area (TPSA) is 21.3 Å². The predicted octanol–water partition coefficient (Wildman–Crippen LogP) is 6.62. The minimum atomic E-state index is -0.246. The Morgan fingerprint density at radius 1 is 0.800 bits per heavy atom. The maximum absolute atomic E-state index is 14.0. The maximum Gasteiger partial charge on any atom is 0.127 e. The molecule has 3 rings (SSSR count). The summed E-state index contributed by atoms with van der Waals surface area (Å²) in [4.78, 5) is 0. The van der Waals surface area contributed by atoms with E-state index in [2.05, 4.69) is 17.4 Å². The molecule has 0 unspecified atom stereocenters. The molecule has 0 fully saturated rings. The molecule has 2 nitrogen and oxygen atoms in total. The lowest BCUT2D eigenvalue weighted by Gasteiger charge is -2.21. The van der Waals surface area contributed by atoms with Gasteiger partial charge in [0.1, 0.15) is 17.4 Å². The molecule has 0 saturated heterocycles. The molecule has 3 aromatic carbocycles. The van der Waals surface area contributed by atoms with E-state index in [0.29, 0.717) is 12.1 Å². The highest BCUT2D eigenvalue weighted by molar-refractivity contribution is 5.36. The second kappa shape index (κ2) is 10.4. The molecule has 1 N–H and O–H groups in total. The molecule has 0 aliphatic heterocycles. The van der Waals surface area contributed by atoms with Gasteiger partial charge in [0.05, 0.1) is 6.10 Å². The first-order valence-electron chi connectivity index (χ1n) is 10.4. The van der Waals surface area contributed by atoms with Gasteiger partial charge in [0.2, 0.25) is 0 Å². The van der Waals surface area contributed by atoms with Crippen molar-refractivity contribution in [1.29, 1.82) is 0 Å². The van der Waals surface area contributed by atoms with E-state index in [1.165, 1.54) is 18.2 Å². The van der Waals surface area contributed by atoms with Crippen LogP contribution in [0.3, 0.4) is 0 Å². The van der Waals surface area contributed by atoms with Crippen molar-refractivity contribution in [3.05, 3.63) is 101 Å². The number of rotatable bonds is 9. The zero-order valence-electron chi connectivity index (χ0n) is 17.7. The summed E-state index contributed by atoms with van der Waals surface area (Å²) in [6, 6.07) is 21.5. The normalized spacial score (nSPS) is 13.3. The summed E-state index contributed by atoms with van der Waals surface area (Å²) in [5.74, 6) is 0.481. The second-order valence-corrected chi connectivity index (χ2v) is 7.83. The Labute approximate surface area is 177 Å². The van der Waals surface area contributed by atoms with Crippen LogP contribution in [0, 0.1) is 11.6 Å². The van der Waals surface area contributed by atoms with Crippen LogP contribution < -0.4 is 10.1 Å². The van der Waals surface area contributed by atoms with Gasteiger partial charge in [-0.3, -0.25) is 0 Å². The van der Waals surface area contributed by atoms with Gasteiger partial charge in [0, 0.05) is 17.5 Å². The van der Waals surface area contributed by atoms with Gasteiger partial charge in [0.25, 0.3) is 0 Å². The van der Waals surface area contributed by atoms with E-state index in [9.17, 15) is 8.78 Å². The lowest BCUT2D eigenvalue weighted by Crippen LogP contribution is -2.22. The van der Waals surface area contributed by atoms with Crippen LogP contribution in [0.25, 0.3) is 0 Å². The minimum Gasteiger partial charge on any atom is -0.491 e. The standard InChI is InChI=1S/C26H29F2NO/c1-18(2)30-23-14-10-21(11-15-23)25(20-8-12-22(27)13-9-20)16-17-29-19(3)24-6-4-5-7-26(24)28/h4-15,18-19,25,29H,16-17H2,1-3H3/t19-,25+/m0/s1. The Balaban J connectivity index is 1.73. The average Bonchev–Trinajstić information content (AvgIpc) is 2.73. The van der Waals surface area contributed by atoms with Crippen molar-refractivity contribution in [1.82, 2.24) is 5.32 Å². The van der Waals surface area contributed by atoms with Crippen LogP contribution in [0.2, 0.25) is 0 Å². The van der Waals surface area contributed by atoms with Crippen LogP contribution in [-0.4, -0.2) is 12.6 Å². The molecule has 2 atom stereocenters. The Morgan fingerprint density at radius 3 is 2.00 bits per heavy atom. The molecule has 0 aliphatic rings. The lowest BCUT2D eigenvalue weighted by atomic mass is 9.88. The second-order valence-electron chi connectivity index (χ2n) is 7.83. The summed E-state index contributed by atoms with van der Waals surface area (Å²) in [5.41, 5.74) is 2.85. The quantitative estimate of drug-likeness (QED) is 0.428. The molecule has 4 heteroatoms. The summed E-state index contributed by atoms with van der Waals surface area (Å²) in [7, 11) is 0. The third-order valence-corrected chi connectivity index (χ3v) is 5.18. The molecule has 3 aromatic rings. The first-order chi connectivity index (χ1) is 14.4. The molecular formula is C26H29F2NO. The summed E-state index contributed by atoms with van der Waals surface area (Å²) < 4.78 is 33.2. The number of hydrogen-bond donors (Lipinski definition) is 1. The van der Waals surface area contributed by atoms with Crippen LogP contribution in [0.1, 0.15) is 55.8 Å². The zero-order chi connectivity index (χ0) is 21.5. The fraction of sp³-hybridized carbons (Fsp3) is 0.308. The maximum atomic E-state index is 14.0. The lowest BCUT2D eigenvalue weighted by molar-refractivity contribution is 0.242. The third kappa shape index (κ3) is 5.90. The van der Waals surface area contributed by atoms with E-state index in [-0.39, 0.29) is 29.7 Å². The molecule has 0 aromatic heterocycles. The Kier molecular flexibility index (Phi) is 7.58. The first-order valence-corrected chi connectivity index (χ1v) is 10.4. The highest BCUT2D eigenvalue weighted by Gasteiger charge is 2.16. The van der Waals surface area contributed by atoms with E-state index >= 15 is 0 Å². The fourth-order valence-corrected chi connectivity index (χ4v) is 3.65. The van der Waals surface area contributed by atoms with Gasteiger partial charge < -0.3 is 10.1 Å². The van der Waals surface area contributed by atoms with Crippen LogP contribution in [-0.2, 0) is 0 Å². The summed E-state index contributed by atoms with van der Waals surface area (Å²) in [6.07, 6.45) is 0.919. The largest absolute Gasteiger partial charge is 0.491 e. The molecule has 0 bridgehead atoms. The predicted molar refractivity (Wildman–Crippen MR) is 118 cm³/mol. The molecule has 0 radical (unpaired) electrons. The summed E-state index contributed by atoms with van der Waals surface area (Å²) in [6.45, 7) is 6.65. The van der Waals surface area contributed by atoms with E-state index < -0.39 is 0 Å². The monoisotopic (exact) mass is 409 g/mol. The summed E-state index contributed by atoms with van der Waals surface area (Å²) >= 11 is 0.